The molecule has 34 heavy (non-hydrogen) atoms. The second kappa shape index (κ2) is 11.3. The highest BCUT2D eigenvalue weighted by molar-refractivity contribution is 6.02. The molecule has 4 rings (SSSR count). The van der Waals surface area contributed by atoms with E-state index in [-0.39, 0.29) is 5.91 Å². The number of rotatable bonds is 8. The van der Waals surface area contributed by atoms with E-state index in [9.17, 15) is 14.0 Å². The highest BCUT2D eigenvalue weighted by Crippen LogP contribution is 2.31. The summed E-state index contributed by atoms with van der Waals surface area (Å²) in [5, 5.41) is 8.22. The van der Waals surface area contributed by atoms with Gasteiger partial charge in [0.05, 0.1) is 5.69 Å². The Morgan fingerprint density at radius 1 is 0.912 bits per heavy atom. The summed E-state index contributed by atoms with van der Waals surface area (Å²) in [7, 11) is 0. The quantitative estimate of drug-likeness (QED) is 0.436. The van der Waals surface area contributed by atoms with Crippen LogP contribution < -0.4 is 20.7 Å². The Morgan fingerprint density at radius 2 is 1.71 bits per heavy atom. The van der Waals surface area contributed by atoms with E-state index in [4.69, 9.17) is 4.74 Å². The molecular weight excluding hydrogens is 435 g/mol. The van der Waals surface area contributed by atoms with Crippen LogP contribution >= 0.6 is 0 Å². The van der Waals surface area contributed by atoms with Gasteiger partial charge in [0.25, 0.3) is 5.91 Å². The van der Waals surface area contributed by atoms with Crippen LogP contribution in [0.15, 0.2) is 72.8 Å². The van der Waals surface area contributed by atoms with E-state index in [1.54, 1.807) is 36.4 Å². The first-order valence-corrected chi connectivity index (χ1v) is 11.3. The molecule has 3 aromatic carbocycles. The van der Waals surface area contributed by atoms with Gasteiger partial charge in [-0.1, -0.05) is 24.3 Å². The highest BCUT2D eigenvalue weighted by Gasteiger charge is 2.15. The van der Waals surface area contributed by atoms with E-state index in [1.807, 2.05) is 18.2 Å². The van der Waals surface area contributed by atoms with Gasteiger partial charge in [0.2, 0.25) is 0 Å². The predicted octanol–water partition coefficient (Wildman–Crippen LogP) is 5.09. The highest BCUT2D eigenvalue weighted by atomic mass is 19.1. The van der Waals surface area contributed by atoms with E-state index in [0.29, 0.717) is 35.0 Å². The van der Waals surface area contributed by atoms with Crippen molar-refractivity contribution >= 4 is 23.3 Å². The number of nitrogens with one attached hydrogen (secondary N) is 3. The predicted molar refractivity (Wildman–Crippen MR) is 130 cm³/mol. The fourth-order valence-electron chi connectivity index (χ4n) is 3.76. The zero-order chi connectivity index (χ0) is 23.8. The second-order valence-electron chi connectivity index (χ2n) is 8.02. The lowest BCUT2D eigenvalue weighted by molar-refractivity contribution is 0.0949. The van der Waals surface area contributed by atoms with Gasteiger partial charge >= 0.3 is 6.03 Å². The first-order chi connectivity index (χ1) is 16.6. The number of urea groups is 1. The van der Waals surface area contributed by atoms with Crippen molar-refractivity contribution in [2.24, 2.45) is 0 Å². The molecule has 0 aromatic heterocycles. The number of carbonyl (C=O) groups excluding carboxylic acids is 2. The van der Waals surface area contributed by atoms with Crippen molar-refractivity contribution in [3.05, 3.63) is 84.2 Å². The molecule has 1 aliphatic heterocycles. The van der Waals surface area contributed by atoms with Gasteiger partial charge in [-0.3, -0.25) is 4.79 Å². The average Bonchev–Trinajstić information content (AvgIpc) is 3.34. The van der Waals surface area contributed by atoms with Crippen molar-refractivity contribution in [3.63, 3.8) is 0 Å². The van der Waals surface area contributed by atoms with Crippen molar-refractivity contribution in [2.45, 2.75) is 12.8 Å². The van der Waals surface area contributed by atoms with Crippen molar-refractivity contribution in [3.8, 4) is 11.5 Å². The molecule has 0 spiro atoms. The maximum absolute atomic E-state index is 13.5. The first kappa shape index (κ1) is 23.3. The lowest BCUT2D eigenvalue weighted by Gasteiger charge is -2.16. The van der Waals surface area contributed by atoms with Crippen molar-refractivity contribution < 1.29 is 18.7 Å². The lowest BCUT2D eigenvalue weighted by Crippen LogP contribution is -2.33. The number of benzene rings is 3. The van der Waals surface area contributed by atoms with Crippen LogP contribution in [0.5, 0.6) is 11.5 Å². The topological polar surface area (TPSA) is 82.7 Å². The van der Waals surface area contributed by atoms with Crippen LogP contribution in [0, 0.1) is 5.82 Å². The van der Waals surface area contributed by atoms with Gasteiger partial charge < -0.3 is 25.6 Å². The number of halogens is 1. The molecule has 1 heterocycles. The third kappa shape index (κ3) is 6.55. The molecule has 0 bridgehead atoms. The Morgan fingerprint density at radius 3 is 2.47 bits per heavy atom. The molecular formula is C26H27FN4O3. The Bertz CT molecular complexity index is 1130. The van der Waals surface area contributed by atoms with Gasteiger partial charge in [0, 0.05) is 24.3 Å². The van der Waals surface area contributed by atoms with Gasteiger partial charge in [0.15, 0.2) is 5.75 Å². The minimum absolute atomic E-state index is 0.237. The summed E-state index contributed by atoms with van der Waals surface area (Å²) in [6, 6.07) is 19.0. The Balaban J connectivity index is 1.48. The van der Waals surface area contributed by atoms with E-state index in [2.05, 4.69) is 20.9 Å². The lowest BCUT2D eigenvalue weighted by atomic mass is 10.1. The third-order valence-corrected chi connectivity index (χ3v) is 5.46. The van der Waals surface area contributed by atoms with E-state index in [1.165, 1.54) is 31.0 Å². The molecule has 1 aliphatic rings. The molecule has 0 aliphatic carbocycles. The third-order valence-electron chi connectivity index (χ3n) is 5.46. The summed E-state index contributed by atoms with van der Waals surface area (Å²) >= 11 is 0. The maximum Gasteiger partial charge on any atom is 0.323 e. The standard InChI is InChI=1S/C26H27FN4O3/c27-20-7-6-8-21(18-20)29-26(33)30-23-17-19(25(32)28-13-16-31-14-4-5-15-31)11-12-24(23)34-22-9-2-1-3-10-22/h1-3,6-12,17-18H,4-5,13-16H2,(H,28,32)(H2,29,30,33). The van der Waals surface area contributed by atoms with Crippen LogP contribution in [0.2, 0.25) is 0 Å². The Labute approximate surface area is 197 Å². The molecule has 1 fully saturated rings. The van der Waals surface area contributed by atoms with E-state index < -0.39 is 11.8 Å². The number of para-hydroxylation sites is 1. The monoisotopic (exact) mass is 462 g/mol. The molecule has 0 atom stereocenters. The molecule has 3 N–H and O–H groups in total. The molecule has 3 aromatic rings. The molecule has 3 amide bonds. The second-order valence-corrected chi connectivity index (χ2v) is 8.02. The molecule has 7 nitrogen and oxygen atoms in total. The van der Waals surface area contributed by atoms with Crippen LogP contribution in [0.1, 0.15) is 23.2 Å². The Kier molecular flexibility index (Phi) is 7.72. The largest absolute Gasteiger partial charge is 0.455 e. The summed E-state index contributed by atoms with van der Waals surface area (Å²) in [4.78, 5) is 27.6. The fourth-order valence-corrected chi connectivity index (χ4v) is 3.76. The normalized spacial score (nSPS) is 13.3. The van der Waals surface area contributed by atoms with Crippen molar-refractivity contribution in [2.75, 3.05) is 36.8 Å². The van der Waals surface area contributed by atoms with Gasteiger partial charge in [-0.15, -0.1) is 0 Å². The van der Waals surface area contributed by atoms with Crippen LogP contribution in [0.25, 0.3) is 0 Å². The Hall–Kier alpha value is -3.91. The van der Waals surface area contributed by atoms with Gasteiger partial charge in [-0.25, -0.2) is 9.18 Å². The maximum atomic E-state index is 13.5. The van der Waals surface area contributed by atoms with Gasteiger partial charge in [0.1, 0.15) is 11.6 Å². The number of amides is 3. The SMILES string of the molecule is O=C(Nc1cccc(F)c1)Nc1cc(C(=O)NCCN2CCCC2)ccc1Oc1ccccc1. The zero-order valence-corrected chi connectivity index (χ0v) is 18.7. The number of hydrogen-bond donors (Lipinski definition) is 3. The molecule has 0 radical (unpaired) electrons. The van der Waals surface area contributed by atoms with E-state index >= 15 is 0 Å². The number of likely N-dealkylation sites (tertiary alicyclic amines) is 1. The number of ether oxygens (including phenoxy) is 1. The van der Waals surface area contributed by atoms with Crippen LogP contribution in [0.3, 0.4) is 0 Å². The minimum atomic E-state index is -0.588. The van der Waals surface area contributed by atoms with Crippen LogP contribution in [0.4, 0.5) is 20.6 Å². The van der Waals surface area contributed by atoms with E-state index in [0.717, 1.165) is 19.6 Å². The van der Waals surface area contributed by atoms with Gasteiger partial charge in [-0.2, -0.15) is 0 Å². The zero-order valence-electron chi connectivity index (χ0n) is 18.7. The summed E-state index contributed by atoms with van der Waals surface area (Å²) in [6.07, 6.45) is 2.40. The number of anilines is 2. The average molecular weight is 463 g/mol. The fraction of sp³-hybridized carbons (Fsp3) is 0.231. The van der Waals surface area contributed by atoms with Crippen LogP contribution in [-0.2, 0) is 0 Å². The van der Waals surface area contributed by atoms with Crippen molar-refractivity contribution in [1.29, 1.82) is 0 Å². The molecule has 1 saturated heterocycles. The minimum Gasteiger partial charge on any atom is -0.455 e. The van der Waals surface area contributed by atoms with Crippen molar-refractivity contribution in [1.82, 2.24) is 10.2 Å². The first-order valence-electron chi connectivity index (χ1n) is 11.3. The molecule has 8 heteroatoms. The summed E-state index contributed by atoms with van der Waals surface area (Å²) in [6.45, 7) is 3.48. The smallest absolute Gasteiger partial charge is 0.323 e. The van der Waals surface area contributed by atoms with Gasteiger partial charge in [-0.05, 0) is 74.5 Å². The number of carbonyl (C=O) groups is 2. The molecule has 0 saturated carbocycles. The molecule has 176 valence electrons. The van der Waals surface area contributed by atoms with Crippen LogP contribution in [-0.4, -0.2) is 43.0 Å². The summed E-state index contributed by atoms with van der Waals surface area (Å²) in [5.41, 5.74) is 1.01. The number of hydrogen-bond acceptors (Lipinski definition) is 4. The number of nitrogens with zero attached hydrogens (tertiary/aromatic N) is 1. The molecule has 0 unspecified atom stereocenters. The summed E-state index contributed by atoms with van der Waals surface area (Å²) in [5.74, 6) is 0.255. The summed E-state index contributed by atoms with van der Waals surface area (Å²) < 4.78 is 19.4.